The van der Waals surface area contributed by atoms with Gasteiger partial charge in [0, 0.05) is 12.0 Å². The minimum absolute atomic E-state index is 0.0389. The molecule has 8 nitrogen and oxygen atoms in total. The van der Waals surface area contributed by atoms with Gasteiger partial charge in [-0.3, -0.25) is 16.0 Å². The predicted molar refractivity (Wildman–Crippen MR) is 112 cm³/mol. The van der Waals surface area contributed by atoms with Crippen molar-refractivity contribution in [1.29, 1.82) is 0 Å². The molecule has 1 aliphatic heterocycles. The number of rotatable bonds is 5. The van der Waals surface area contributed by atoms with E-state index in [0.29, 0.717) is 13.0 Å². The maximum atomic E-state index is 13.8. The highest BCUT2D eigenvalue weighted by Gasteiger charge is 2.40. The Morgan fingerprint density at radius 2 is 1.75 bits per heavy atom. The van der Waals surface area contributed by atoms with Gasteiger partial charge in [-0.05, 0) is 35.9 Å². The van der Waals surface area contributed by atoms with E-state index in [2.05, 4.69) is 10.1 Å². The summed E-state index contributed by atoms with van der Waals surface area (Å²) in [6, 6.07) is 6.14. The maximum absolute atomic E-state index is 13.8. The van der Waals surface area contributed by atoms with Crippen LogP contribution in [0, 0.1) is 0 Å². The van der Waals surface area contributed by atoms with Crippen molar-refractivity contribution in [3.05, 3.63) is 65.0 Å². The smallest absolute Gasteiger partial charge is 0.419 e. The lowest BCUT2D eigenvalue weighted by molar-refractivity contribution is -0.560. The molecule has 192 valence electrons. The summed E-state index contributed by atoms with van der Waals surface area (Å²) in [6.07, 6.45) is -9.95. The summed E-state index contributed by atoms with van der Waals surface area (Å²) in [5.41, 5.74) is 9.42. The van der Waals surface area contributed by atoms with Crippen molar-refractivity contribution in [2.45, 2.75) is 37.5 Å². The first-order valence-corrected chi connectivity index (χ1v) is 10.5. The molecule has 0 spiro atoms. The second-order valence-electron chi connectivity index (χ2n) is 8.07. The molecule has 0 saturated carbocycles. The van der Waals surface area contributed by atoms with E-state index in [4.69, 9.17) is 20.7 Å². The van der Waals surface area contributed by atoms with E-state index in [1.165, 1.54) is 10.6 Å². The molecule has 1 saturated heterocycles. The Balaban J connectivity index is 1.58. The molecule has 0 bridgehead atoms. The first-order valence-electron chi connectivity index (χ1n) is 10.5. The molecule has 0 amide bonds. The zero-order valence-electron chi connectivity index (χ0n) is 18.3. The molecule has 4 rings (SSSR count). The normalized spacial score (nSPS) is 18.5. The third-order valence-electron chi connectivity index (χ3n) is 5.61. The van der Waals surface area contributed by atoms with Gasteiger partial charge in [0.25, 0.3) is 5.89 Å². The average molecular weight is 516 g/mol. The third kappa shape index (κ3) is 5.22. The number of benzene rings is 2. The summed E-state index contributed by atoms with van der Waals surface area (Å²) in [5.74, 6) is -0.845. The fraction of sp³-hybridized carbons (Fsp3) is 0.318. The Labute approximate surface area is 199 Å². The largest absolute Gasteiger partial charge is 0.488 e. The van der Waals surface area contributed by atoms with Crippen LogP contribution in [0.2, 0.25) is 0 Å². The van der Waals surface area contributed by atoms with Crippen LogP contribution in [0.5, 0.6) is 5.75 Å². The van der Waals surface area contributed by atoms with Gasteiger partial charge in [0.1, 0.15) is 12.4 Å². The Hall–Kier alpha value is -3.81. The molecule has 5 N–H and O–H groups in total. The van der Waals surface area contributed by atoms with E-state index < -0.39 is 41.4 Å². The highest BCUT2D eigenvalue weighted by atomic mass is 19.4. The Bertz CT molecular complexity index is 1270. The topological polar surface area (TPSA) is 123 Å². The van der Waals surface area contributed by atoms with Crippen molar-refractivity contribution in [2.75, 3.05) is 6.54 Å². The van der Waals surface area contributed by atoms with Gasteiger partial charge in [-0.1, -0.05) is 17.3 Å². The van der Waals surface area contributed by atoms with E-state index in [0.717, 1.165) is 36.4 Å². The van der Waals surface area contributed by atoms with Gasteiger partial charge >= 0.3 is 18.3 Å². The number of alkyl halides is 6. The number of aromatic nitrogens is 2. The molecule has 36 heavy (non-hydrogen) atoms. The standard InChI is InChI=1S/C22H19F6N5O3/c23-21(24,25)13-4-1-11(2-5-13)10-35-16-6-3-12(9-14(16)22(26,27)28)18-31-19(36-32-18)17-15(34)7-8-33(17)20(29)30/h1-6,9,15,17,34H,7-8,10H2,(H3,29,30)/p+1/t15-,17-/m0/s1. The second-order valence-corrected chi connectivity index (χ2v) is 8.07. The molecule has 14 heteroatoms. The molecule has 1 aliphatic rings. The Morgan fingerprint density at radius 1 is 1.06 bits per heavy atom. The van der Waals surface area contributed by atoms with Crippen molar-refractivity contribution < 1.29 is 45.3 Å². The van der Waals surface area contributed by atoms with Crippen molar-refractivity contribution in [2.24, 2.45) is 11.5 Å². The van der Waals surface area contributed by atoms with Crippen molar-refractivity contribution in [1.82, 2.24) is 10.1 Å². The minimum Gasteiger partial charge on any atom is -0.488 e. The number of nitrogens with zero attached hydrogens (tertiary/aromatic N) is 3. The maximum Gasteiger partial charge on any atom is 0.419 e. The average Bonchev–Trinajstić information content (AvgIpc) is 3.43. The number of hydrogen-bond acceptors (Lipinski definition) is 5. The van der Waals surface area contributed by atoms with Crippen LogP contribution in [-0.2, 0) is 19.0 Å². The van der Waals surface area contributed by atoms with E-state index in [9.17, 15) is 31.4 Å². The molecule has 0 aliphatic carbocycles. The highest BCUT2D eigenvalue weighted by Crippen LogP contribution is 2.39. The summed E-state index contributed by atoms with van der Waals surface area (Å²) in [4.78, 5) is 4.12. The van der Waals surface area contributed by atoms with Crippen molar-refractivity contribution in [3.63, 3.8) is 0 Å². The van der Waals surface area contributed by atoms with E-state index in [-0.39, 0.29) is 35.4 Å². The molecule has 1 fully saturated rings. The first kappa shape index (κ1) is 25.3. The molecule has 0 unspecified atom stereocenters. The van der Waals surface area contributed by atoms with Gasteiger partial charge in [-0.15, -0.1) is 0 Å². The molecule has 2 heterocycles. The first-order chi connectivity index (χ1) is 16.8. The minimum atomic E-state index is -4.82. The SMILES string of the molecule is NC(N)=[N+]1CC[C@H](O)[C@H]1c1nc(-c2ccc(OCc3ccc(C(F)(F)F)cc3)c(C(F)(F)F)c2)no1. The zero-order chi connectivity index (χ0) is 26.3. The summed E-state index contributed by atoms with van der Waals surface area (Å²) in [6.45, 7) is -0.0611. The van der Waals surface area contributed by atoms with Crippen LogP contribution in [0.1, 0.15) is 35.0 Å². The molecule has 2 atom stereocenters. The van der Waals surface area contributed by atoms with Gasteiger partial charge in [0.05, 0.1) is 23.8 Å². The van der Waals surface area contributed by atoms with Crippen LogP contribution < -0.4 is 16.2 Å². The zero-order valence-corrected chi connectivity index (χ0v) is 18.3. The second kappa shape index (κ2) is 9.33. The quantitative estimate of drug-likeness (QED) is 0.270. The van der Waals surface area contributed by atoms with E-state index in [1.54, 1.807) is 0 Å². The lowest BCUT2D eigenvalue weighted by Gasteiger charge is -2.15. The summed E-state index contributed by atoms with van der Waals surface area (Å²) in [7, 11) is 0. The van der Waals surface area contributed by atoms with Crippen LogP contribution in [0.3, 0.4) is 0 Å². The van der Waals surface area contributed by atoms with Crippen LogP contribution in [-0.4, -0.2) is 38.4 Å². The number of nitrogens with two attached hydrogens (primary N) is 2. The highest BCUT2D eigenvalue weighted by molar-refractivity contribution is 5.70. The number of guanidine groups is 1. The lowest BCUT2D eigenvalue weighted by Crippen LogP contribution is -2.37. The van der Waals surface area contributed by atoms with E-state index >= 15 is 0 Å². The molecular formula is C22H20F6N5O3+. The summed E-state index contributed by atoms with van der Waals surface area (Å²) in [5, 5.41) is 13.9. The Kier molecular flexibility index (Phi) is 6.56. The van der Waals surface area contributed by atoms with Crippen LogP contribution in [0.15, 0.2) is 47.0 Å². The number of aliphatic hydroxyl groups excluding tert-OH is 1. The summed E-state index contributed by atoms with van der Waals surface area (Å²) >= 11 is 0. The molecular weight excluding hydrogens is 496 g/mol. The predicted octanol–water partition coefficient (Wildman–Crippen LogP) is 3.44. The van der Waals surface area contributed by atoms with Gasteiger partial charge in [-0.2, -0.15) is 31.3 Å². The number of hydrogen-bond donors (Lipinski definition) is 3. The van der Waals surface area contributed by atoms with Gasteiger partial charge in [0.15, 0.2) is 6.04 Å². The van der Waals surface area contributed by atoms with Gasteiger partial charge < -0.3 is 14.4 Å². The van der Waals surface area contributed by atoms with Gasteiger partial charge in [0.2, 0.25) is 5.82 Å². The number of ether oxygens (including phenoxy) is 1. The van der Waals surface area contributed by atoms with Crippen molar-refractivity contribution in [3.8, 4) is 17.1 Å². The molecule has 2 aromatic carbocycles. The number of aliphatic hydroxyl groups is 1. The van der Waals surface area contributed by atoms with Crippen LogP contribution in [0.4, 0.5) is 26.3 Å². The molecule has 0 radical (unpaired) electrons. The fourth-order valence-electron chi connectivity index (χ4n) is 3.80. The molecule has 3 aromatic rings. The van der Waals surface area contributed by atoms with E-state index in [1.807, 2.05) is 0 Å². The third-order valence-corrected chi connectivity index (χ3v) is 5.61. The summed E-state index contributed by atoms with van der Waals surface area (Å²) < 4.78 is 91.2. The lowest BCUT2D eigenvalue weighted by atomic mass is 10.1. The van der Waals surface area contributed by atoms with Crippen LogP contribution >= 0.6 is 0 Å². The monoisotopic (exact) mass is 516 g/mol. The van der Waals surface area contributed by atoms with Crippen molar-refractivity contribution >= 4 is 5.96 Å². The molecule has 1 aromatic heterocycles. The van der Waals surface area contributed by atoms with Crippen LogP contribution in [0.25, 0.3) is 11.4 Å². The fourth-order valence-corrected chi connectivity index (χ4v) is 3.80. The number of halogens is 6. The Morgan fingerprint density at radius 3 is 2.36 bits per heavy atom. The van der Waals surface area contributed by atoms with Gasteiger partial charge in [-0.25, -0.2) is 0 Å².